The van der Waals surface area contributed by atoms with E-state index in [0.29, 0.717) is 6.42 Å². The smallest absolute Gasteiger partial charge is 0.119 e. The lowest BCUT2D eigenvalue weighted by molar-refractivity contribution is -0.107. The average molecular weight is 164 g/mol. The van der Waals surface area contributed by atoms with Crippen molar-refractivity contribution in [2.24, 2.45) is 0 Å². The number of carbonyl (C=O) groups excluding carboxylic acids is 1. The summed E-state index contributed by atoms with van der Waals surface area (Å²) in [5.74, 6) is 0. The Kier molecular flexibility index (Phi) is 7.25. The zero-order valence-corrected chi connectivity index (χ0v) is 7.46. The van der Waals surface area contributed by atoms with Gasteiger partial charge in [-0.15, -0.1) is 0 Å². The maximum atomic E-state index is 9.99. The Morgan fingerprint density at radius 3 is 2.50 bits per heavy atom. The van der Waals surface area contributed by atoms with Crippen molar-refractivity contribution in [3.05, 3.63) is 37.0 Å². The minimum absolute atomic E-state index is 0.665. The molecule has 0 saturated carbocycles. The molecule has 0 radical (unpaired) electrons. The molecule has 0 amide bonds. The van der Waals surface area contributed by atoms with Crippen molar-refractivity contribution >= 4 is 6.29 Å². The standard InChI is InChI=1S/C11H16O/c1-3-8-11(4-2)9-6-5-7-10-12/h3-4,8,10H,1-2,5-7,9H2/b11-8+. The summed E-state index contributed by atoms with van der Waals surface area (Å²) >= 11 is 0. The van der Waals surface area contributed by atoms with Crippen molar-refractivity contribution in [1.29, 1.82) is 0 Å². The highest BCUT2D eigenvalue weighted by molar-refractivity contribution is 5.48. The summed E-state index contributed by atoms with van der Waals surface area (Å²) < 4.78 is 0. The van der Waals surface area contributed by atoms with Gasteiger partial charge in [0, 0.05) is 6.42 Å². The van der Waals surface area contributed by atoms with Gasteiger partial charge < -0.3 is 4.79 Å². The molecule has 0 unspecified atom stereocenters. The highest BCUT2D eigenvalue weighted by atomic mass is 16.1. The van der Waals surface area contributed by atoms with Crippen LogP contribution in [-0.2, 0) is 4.79 Å². The lowest BCUT2D eigenvalue weighted by atomic mass is 10.1. The van der Waals surface area contributed by atoms with E-state index in [1.807, 2.05) is 12.2 Å². The first kappa shape index (κ1) is 10.9. The lowest BCUT2D eigenvalue weighted by Crippen LogP contribution is -1.81. The van der Waals surface area contributed by atoms with Crippen LogP contribution in [0.15, 0.2) is 37.0 Å². The van der Waals surface area contributed by atoms with Gasteiger partial charge in [0.25, 0.3) is 0 Å². The molecule has 12 heavy (non-hydrogen) atoms. The van der Waals surface area contributed by atoms with E-state index in [1.165, 1.54) is 5.57 Å². The Morgan fingerprint density at radius 1 is 1.25 bits per heavy atom. The number of unbranched alkanes of at least 4 members (excludes halogenated alkanes) is 2. The minimum atomic E-state index is 0.665. The fourth-order valence-corrected chi connectivity index (χ4v) is 0.962. The Labute approximate surface area is 74.5 Å². The van der Waals surface area contributed by atoms with Crippen LogP contribution in [0.4, 0.5) is 0 Å². The van der Waals surface area contributed by atoms with Gasteiger partial charge in [-0.1, -0.05) is 31.4 Å². The zero-order valence-electron chi connectivity index (χ0n) is 7.46. The first-order chi connectivity index (χ1) is 5.85. The molecule has 0 bridgehead atoms. The predicted octanol–water partition coefficient (Wildman–Crippen LogP) is 3.04. The van der Waals surface area contributed by atoms with Gasteiger partial charge in [-0.2, -0.15) is 0 Å². The molecule has 0 saturated heterocycles. The van der Waals surface area contributed by atoms with E-state index in [9.17, 15) is 4.79 Å². The van der Waals surface area contributed by atoms with Gasteiger partial charge in [-0.25, -0.2) is 0 Å². The molecule has 0 aliphatic carbocycles. The molecule has 0 aliphatic heterocycles. The van der Waals surface area contributed by atoms with Gasteiger partial charge in [-0.05, 0) is 24.8 Å². The number of aldehydes is 1. The van der Waals surface area contributed by atoms with Gasteiger partial charge in [0.05, 0.1) is 0 Å². The molecular formula is C11H16O. The topological polar surface area (TPSA) is 17.1 Å². The maximum Gasteiger partial charge on any atom is 0.119 e. The largest absolute Gasteiger partial charge is 0.303 e. The number of carbonyl (C=O) groups is 1. The summed E-state index contributed by atoms with van der Waals surface area (Å²) in [6.07, 6.45) is 10.2. The Hall–Kier alpha value is -1.11. The van der Waals surface area contributed by atoms with Crippen molar-refractivity contribution in [3.8, 4) is 0 Å². The monoisotopic (exact) mass is 164 g/mol. The SMILES string of the molecule is C=C/C=C(\C=C)CCCCC=O. The highest BCUT2D eigenvalue weighted by Crippen LogP contribution is 2.09. The van der Waals surface area contributed by atoms with Crippen LogP contribution < -0.4 is 0 Å². The summed E-state index contributed by atoms with van der Waals surface area (Å²) in [6, 6.07) is 0. The molecule has 1 nitrogen and oxygen atoms in total. The average Bonchev–Trinajstić information content (AvgIpc) is 2.10. The molecule has 0 fully saturated rings. The van der Waals surface area contributed by atoms with E-state index in [0.717, 1.165) is 25.5 Å². The summed E-state index contributed by atoms with van der Waals surface area (Å²) in [6.45, 7) is 7.31. The highest BCUT2D eigenvalue weighted by Gasteiger charge is 1.91. The molecule has 0 rings (SSSR count). The van der Waals surface area contributed by atoms with Crippen LogP contribution in [-0.4, -0.2) is 6.29 Å². The summed E-state index contributed by atoms with van der Waals surface area (Å²) in [4.78, 5) is 9.99. The molecular weight excluding hydrogens is 148 g/mol. The molecule has 0 heterocycles. The number of hydrogen-bond acceptors (Lipinski definition) is 1. The number of allylic oxidation sites excluding steroid dienone is 4. The third-order valence-electron chi connectivity index (χ3n) is 1.63. The fourth-order valence-electron chi connectivity index (χ4n) is 0.962. The molecule has 0 aromatic carbocycles. The van der Waals surface area contributed by atoms with Crippen LogP contribution in [0.1, 0.15) is 25.7 Å². The summed E-state index contributed by atoms with van der Waals surface area (Å²) in [7, 11) is 0. The van der Waals surface area contributed by atoms with Crippen LogP contribution in [0.3, 0.4) is 0 Å². The first-order valence-corrected chi connectivity index (χ1v) is 4.22. The Balaban J connectivity index is 3.58. The molecule has 0 spiro atoms. The van der Waals surface area contributed by atoms with Crippen LogP contribution >= 0.6 is 0 Å². The van der Waals surface area contributed by atoms with Crippen molar-refractivity contribution < 1.29 is 4.79 Å². The van der Waals surface area contributed by atoms with E-state index in [4.69, 9.17) is 0 Å². The maximum absolute atomic E-state index is 9.99. The second-order valence-electron chi connectivity index (χ2n) is 2.59. The number of hydrogen-bond donors (Lipinski definition) is 0. The van der Waals surface area contributed by atoms with E-state index in [2.05, 4.69) is 13.2 Å². The number of rotatable bonds is 7. The quantitative estimate of drug-likeness (QED) is 0.321. The molecule has 66 valence electrons. The minimum Gasteiger partial charge on any atom is -0.303 e. The predicted molar refractivity (Wildman–Crippen MR) is 53.0 cm³/mol. The Morgan fingerprint density at radius 2 is 2.00 bits per heavy atom. The van der Waals surface area contributed by atoms with E-state index < -0.39 is 0 Å². The van der Waals surface area contributed by atoms with E-state index in [1.54, 1.807) is 6.08 Å². The molecule has 0 N–H and O–H groups in total. The first-order valence-electron chi connectivity index (χ1n) is 4.22. The summed E-state index contributed by atoms with van der Waals surface area (Å²) in [5.41, 5.74) is 1.19. The van der Waals surface area contributed by atoms with Gasteiger partial charge in [0.2, 0.25) is 0 Å². The van der Waals surface area contributed by atoms with Crippen molar-refractivity contribution in [2.75, 3.05) is 0 Å². The van der Waals surface area contributed by atoms with Gasteiger partial charge >= 0.3 is 0 Å². The van der Waals surface area contributed by atoms with Crippen LogP contribution in [0.25, 0.3) is 0 Å². The second-order valence-corrected chi connectivity index (χ2v) is 2.59. The van der Waals surface area contributed by atoms with Gasteiger partial charge in [-0.3, -0.25) is 0 Å². The molecule has 0 aromatic rings. The van der Waals surface area contributed by atoms with Crippen LogP contribution in [0.2, 0.25) is 0 Å². The zero-order chi connectivity index (χ0) is 9.23. The van der Waals surface area contributed by atoms with Crippen molar-refractivity contribution in [3.63, 3.8) is 0 Å². The Bertz CT molecular complexity index is 177. The summed E-state index contributed by atoms with van der Waals surface area (Å²) in [5, 5.41) is 0. The van der Waals surface area contributed by atoms with Gasteiger partial charge in [0.15, 0.2) is 0 Å². The molecule has 0 aliphatic rings. The molecule has 0 atom stereocenters. The van der Waals surface area contributed by atoms with E-state index >= 15 is 0 Å². The third-order valence-corrected chi connectivity index (χ3v) is 1.63. The second kappa shape index (κ2) is 7.99. The van der Waals surface area contributed by atoms with Crippen LogP contribution in [0, 0.1) is 0 Å². The third kappa shape index (κ3) is 5.66. The normalized spacial score (nSPS) is 10.8. The van der Waals surface area contributed by atoms with Crippen molar-refractivity contribution in [1.82, 2.24) is 0 Å². The molecule has 1 heteroatoms. The van der Waals surface area contributed by atoms with Crippen molar-refractivity contribution in [2.45, 2.75) is 25.7 Å². The van der Waals surface area contributed by atoms with Crippen LogP contribution in [0.5, 0.6) is 0 Å². The molecule has 0 aromatic heterocycles. The lowest BCUT2D eigenvalue weighted by Gasteiger charge is -1.98. The van der Waals surface area contributed by atoms with E-state index in [-0.39, 0.29) is 0 Å². The fraction of sp³-hybridized carbons (Fsp3) is 0.364. The van der Waals surface area contributed by atoms with Gasteiger partial charge in [0.1, 0.15) is 6.29 Å².